The van der Waals surface area contributed by atoms with Crippen molar-refractivity contribution >= 4 is 22.0 Å². The Bertz CT molecular complexity index is 495. The van der Waals surface area contributed by atoms with E-state index in [1.165, 1.54) is 0 Å². The molecule has 118 valence electrons. The van der Waals surface area contributed by atoms with Gasteiger partial charge < -0.3 is 19.4 Å². The minimum absolute atomic E-state index is 0.111. The molecule has 2 atom stereocenters. The standard InChI is InChI=1S/C15H23BrN2O3/c1-10(12-5-6-13(16)20-12)17-11-7-8-18(9-11)14(19)21-15(2,3)4/h5-6,10-11,17H,7-9H2,1-4H3. The van der Waals surface area contributed by atoms with Crippen LogP contribution in [0.3, 0.4) is 0 Å². The molecule has 1 saturated heterocycles. The lowest BCUT2D eigenvalue weighted by molar-refractivity contribution is 0.0290. The summed E-state index contributed by atoms with van der Waals surface area (Å²) in [6, 6.07) is 4.20. The first-order valence-electron chi connectivity index (χ1n) is 7.24. The van der Waals surface area contributed by atoms with Gasteiger partial charge in [0.2, 0.25) is 0 Å². The van der Waals surface area contributed by atoms with Gasteiger partial charge in [-0.25, -0.2) is 4.79 Å². The second kappa shape index (κ2) is 6.40. The Balaban J connectivity index is 1.84. The molecule has 1 N–H and O–H groups in total. The highest BCUT2D eigenvalue weighted by Crippen LogP contribution is 2.22. The summed E-state index contributed by atoms with van der Waals surface area (Å²) in [5, 5.41) is 3.49. The predicted octanol–water partition coefficient (Wildman–Crippen LogP) is 3.70. The number of furan rings is 1. The van der Waals surface area contributed by atoms with Gasteiger partial charge in [0.1, 0.15) is 11.4 Å². The van der Waals surface area contributed by atoms with Crippen LogP contribution in [0.2, 0.25) is 0 Å². The Morgan fingerprint density at radius 1 is 1.52 bits per heavy atom. The Morgan fingerprint density at radius 2 is 2.24 bits per heavy atom. The summed E-state index contributed by atoms with van der Waals surface area (Å²) in [6.45, 7) is 9.10. The molecular formula is C15H23BrN2O3. The van der Waals surface area contributed by atoms with E-state index in [0.29, 0.717) is 6.54 Å². The summed E-state index contributed by atoms with van der Waals surface area (Å²) in [6.07, 6.45) is 0.686. The topological polar surface area (TPSA) is 54.7 Å². The second-order valence-electron chi connectivity index (χ2n) is 6.44. The summed E-state index contributed by atoms with van der Waals surface area (Å²) in [7, 11) is 0. The maximum absolute atomic E-state index is 12.0. The van der Waals surface area contributed by atoms with Crippen molar-refractivity contribution in [2.75, 3.05) is 13.1 Å². The first-order chi connectivity index (χ1) is 9.74. The number of carbonyl (C=O) groups excluding carboxylic acids is 1. The number of nitrogens with one attached hydrogen (secondary N) is 1. The fourth-order valence-electron chi connectivity index (χ4n) is 2.39. The molecule has 0 spiro atoms. The zero-order chi connectivity index (χ0) is 15.6. The van der Waals surface area contributed by atoms with Crippen LogP contribution in [0, 0.1) is 0 Å². The Labute approximate surface area is 134 Å². The summed E-state index contributed by atoms with van der Waals surface area (Å²) in [5.41, 5.74) is -0.448. The molecule has 1 aromatic heterocycles. The van der Waals surface area contributed by atoms with Crippen LogP contribution in [0.5, 0.6) is 0 Å². The normalized spacial score (nSPS) is 20.6. The molecule has 0 radical (unpaired) electrons. The molecule has 0 aromatic carbocycles. The number of halogens is 1. The van der Waals surface area contributed by atoms with Gasteiger partial charge in [-0.3, -0.25) is 0 Å². The van der Waals surface area contributed by atoms with E-state index in [4.69, 9.17) is 9.15 Å². The van der Waals surface area contributed by atoms with Gasteiger partial charge in [0.15, 0.2) is 4.67 Å². The number of amides is 1. The second-order valence-corrected chi connectivity index (χ2v) is 7.22. The van der Waals surface area contributed by atoms with Crippen LogP contribution in [-0.2, 0) is 4.74 Å². The van der Waals surface area contributed by atoms with Crippen molar-refractivity contribution in [3.8, 4) is 0 Å². The highest BCUT2D eigenvalue weighted by Gasteiger charge is 2.30. The van der Waals surface area contributed by atoms with E-state index in [1.54, 1.807) is 4.90 Å². The third-order valence-corrected chi connectivity index (χ3v) is 3.77. The van der Waals surface area contributed by atoms with Crippen molar-refractivity contribution in [1.82, 2.24) is 10.2 Å². The number of hydrogen-bond acceptors (Lipinski definition) is 4. The highest BCUT2D eigenvalue weighted by atomic mass is 79.9. The van der Waals surface area contributed by atoms with Crippen LogP contribution < -0.4 is 5.32 Å². The largest absolute Gasteiger partial charge is 0.453 e. The van der Waals surface area contributed by atoms with Gasteiger partial charge in [-0.1, -0.05) is 0 Å². The molecule has 2 unspecified atom stereocenters. The molecule has 1 aliphatic rings. The van der Waals surface area contributed by atoms with E-state index in [9.17, 15) is 4.79 Å². The monoisotopic (exact) mass is 358 g/mol. The van der Waals surface area contributed by atoms with Crippen LogP contribution in [0.15, 0.2) is 21.2 Å². The molecule has 2 rings (SSSR count). The van der Waals surface area contributed by atoms with E-state index >= 15 is 0 Å². The van der Waals surface area contributed by atoms with Gasteiger partial charge >= 0.3 is 6.09 Å². The maximum atomic E-state index is 12.0. The van der Waals surface area contributed by atoms with Gasteiger partial charge in [0, 0.05) is 19.1 Å². The minimum atomic E-state index is -0.448. The van der Waals surface area contributed by atoms with Crippen LogP contribution in [0.1, 0.15) is 45.9 Å². The van der Waals surface area contributed by atoms with Gasteiger partial charge in [-0.2, -0.15) is 0 Å². The van der Waals surface area contributed by atoms with E-state index in [2.05, 4.69) is 28.2 Å². The molecule has 1 aliphatic heterocycles. The zero-order valence-corrected chi connectivity index (χ0v) is 14.6. The first-order valence-corrected chi connectivity index (χ1v) is 8.03. The van der Waals surface area contributed by atoms with E-state index in [-0.39, 0.29) is 18.2 Å². The molecular weight excluding hydrogens is 336 g/mol. The molecule has 2 heterocycles. The average molecular weight is 359 g/mol. The number of ether oxygens (including phenoxy) is 1. The lowest BCUT2D eigenvalue weighted by atomic mass is 10.2. The Kier molecular flexibility index (Phi) is 4.99. The van der Waals surface area contributed by atoms with Crippen LogP contribution in [0.4, 0.5) is 4.79 Å². The highest BCUT2D eigenvalue weighted by molar-refractivity contribution is 9.10. The van der Waals surface area contributed by atoms with Crippen molar-refractivity contribution in [3.63, 3.8) is 0 Å². The minimum Gasteiger partial charge on any atom is -0.453 e. The molecule has 1 aromatic rings. The zero-order valence-electron chi connectivity index (χ0n) is 13.0. The number of rotatable bonds is 3. The van der Waals surface area contributed by atoms with Crippen LogP contribution >= 0.6 is 15.9 Å². The van der Waals surface area contributed by atoms with Gasteiger partial charge in [-0.05, 0) is 62.2 Å². The fourth-order valence-corrected chi connectivity index (χ4v) is 2.70. The van der Waals surface area contributed by atoms with Crippen molar-refractivity contribution in [2.45, 2.75) is 51.8 Å². The summed E-state index contributed by atoms with van der Waals surface area (Å²) in [5.74, 6) is 0.887. The van der Waals surface area contributed by atoms with E-state index in [0.717, 1.165) is 23.4 Å². The molecule has 0 aliphatic carbocycles. The van der Waals surface area contributed by atoms with Crippen molar-refractivity contribution in [2.24, 2.45) is 0 Å². The summed E-state index contributed by atoms with van der Waals surface area (Å²) < 4.78 is 11.7. The lowest BCUT2D eigenvalue weighted by Gasteiger charge is -2.24. The molecule has 1 amide bonds. The van der Waals surface area contributed by atoms with Crippen LogP contribution in [-0.4, -0.2) is 35.7 Å². The van der Waals surface area contributed by atoms with Gasteiger partial charge in [-0.15, -0.1) is 0 Å². The number of nitrogens with zero attached hydrogens (tertiary/aromatic N) is 1. The Morgan fingerprint density at radius 3 is 2.81 bits per heavy atom. The molecule has 0 saturated carbocycles. The quantitative estimate of drug-likeness (QED) is 0.894. The molecule has 6 heteroatoms. The number of carbonyl (C=O) groups is 1. The molecule has 1 fully saturated rings. The molecule has 21 heavy (non-hydrogen) atoms. The Hall–Kier alpha value is -1.01. The van der Waals surface area contributed by atoms with E-state index in [1.807, 2.05) is 32.9 Å². The van der Waals surface area contributed by atoms with E-state index < -0.39 is 5.60 Å². The van der Waals surface area contributed by atoms with Gasteiger partial charge in [0.05, 0.1) is 6.04 Å². The van der Waals surface area contributed by atoms with Crippen molar-refractivity contribution in [1.29, 1.82) is 0 Å². The van der Waals surface area contributed by atoms with Crippen molar-refractivity contribution < 1.29 is 13.9 Å². The summed E-state index contributed by atoms with van der Waals surface area (Å²) >= 11 is 3.31. The molecule has 0 bridgehead atoms. The maximum Gasteiger partial charge on any atom is 0.410 e. The average Bonchev–Trinajstić information content (AvgIpc) is 2.96. The number of likely N-dealkylation sites (tertiary alicyclic amines) is 1. The summed E-state index contributed by atoms with van der Waals surface area (Å²) in [4.78, 5) is 13.8. The third kappa shape index (κ3) is 4.74. The van der Waals surface area contributed by atoms with Gasteiger partial charge in [0.25, 0.3) is 0 Å². The van der Waals surface area contributed by atoms with Crippen LogP contribution in [0.25, 0.3) is 0 Å². The molecule has 5 nitrogen and oxygen atoms in total. The SMILES string of the molecule is CC(NC1CCN(C(=O)OC(C)(C)C)C1)c1ccc(Br)o1. The van der Waals surface area contributed by atoms with Crippen molar-refractivity contribution in [3.05, 3.63) is 22.6 Å². The fraction of sp³-hybridized carbons (Fsp3) is 0.667. The first kappa shape index (κ1) is 16.4. The lowest BCUT2D eigenvalue weighted by Crippen LogP contribution is -2.38. The smallest absolute Gasteiger partial charge is 0.410 e. The number of hydrogen-bond donors (Lipinski definition) is 1. The predicted molar refractivity (Wildman–Crippen MR) is 84.2 cm³/mol. The third-order valence-electron chi connectivity index (χ3n) is 3.35.